The first-order valence-corrected chi connectivity index (χ1v) is 30.3. The molecule has 0 saturated carbocycles. The van der Waals surface area contributed by atoms with E-state index in [0.29, 0.717) is 73.0 Å². The maximum atomic E-state index is 12.7. The van der Waals surface area contributed by atoms with Crippen molar-refractivity contribution in [1.29, 1.82) is 0 Å². The van der Waals surface area contributed by atoms with E-state index in [1.165, 1.54) is 0 Å². The van der Waals surface area contributed by atoms with E-state index in [1.54, 1.807) is 85.7 Å². The fourth-order valence-corrected chi connectivity index (χ4v) is 11.1. The zero-order valence-electron chi connectivity index (χ0n) is 49.2. The lowest BCUT2D eigenvalue weighted by molar-refractivity contribution is 0.101. The van der Waals surface area contributed by atoms with E-state index in [4.69, 9.17) is 34.8 Å². The van der Waals surface area contributed by atoms with E-state index in [1.807, 2.05) is 97.1 Å². The first-order chi connectivity index (χ1) is 42.7. The summed E-state index contributed by atoms with van der Waals surface area (Å²) >= 11 is 19.0. The average molecular weight is 1240 g/mol. The molecule has 3 aromatic carbocycles. The Hall–Kier alpha value is -8.88. The van der Waals surface area contributed by atoms with Crippen LogP contribution < -0.4 is 46.6 Å². The number of hydrogen-bond acceptors (Lipinski definition) is 15. The van der Waals surface area contributed by atoms with Crippen LogP contribution in [0.2, 0.25) is 15.1 Å². The molecule has 0 bridgehead atoms. The highest BCUT2D eigenvalue weighted by Gasteiger charge is 2.24. The number of hydrogen-bond donors (Lipinski definition) is 6. The summed E-state index contributed by atoms with van der Waals surface area (Å²) in [7, 11) is 0. The smallest absolute Gasteiger partial charge is 0.257 e. The molecule has 3 fully saturated rings. The third kappa shape index (κ3) is 16.6. The van der Waals surface area contributed by atoms with Crippen molar-refractivity contribution in [2.45, 2.75) is 51.9 Å². The number of carbonyl (C=O) groups is 3. The molecule has 9 heterocycles. The quantitative estimate of drug-likeness (QED) is 0.0672. The zero-order valence-corrected chi connectivity index (χ0v) is 51.4. The summed E-state index contributed by atoms with van der Waals surface area (Å²) < 4.78 is 0. The van der Waals surface area contributed by atoms with Crippen LogP contribution in [0, 0.1) is 0 Å². The highest BCUT2D eigenvalue weighted by atomic mass is 35.5. The number of piperazine rings is 3. The van der Waals surface area contributed by atoms with Crippen molar-refractivity contribution in [3.63, 3.8) is 0 Å². The summed E-state index contributed by atoms with van der Waals surface area (Å²) in [6, 6.07) is 45.7. The Labute approximate surface area is 527 Å². The molecule has 6 N–H and O–H groups in total. The molecule has 3 amide bonds. The van der Waals surface area contributed by atoms with Gasteiger partial charge in [0.2, 0.25) is 0 Å². The molecule has 21 heteroatoms. The van der Waals surface area contributed by atoms with Gasteiger partial charge in [0.1, 0.15) is 17.5 Å². The second kappa shape index (κ2) is 29.7. The lowest BCUT2D eigenvalue weighted by atomic mass is 10.1. The highest BCUT2D eigenvalue weighted by molar-refractivity contribution is 6.34. The van der Waals surface area contributed by atoms with Gasteiger partial charge in [0, 0.05) is 147 Å². The highest BCUT2D eigenvalue weighted by Crippen LogP contribution is 2.32. The Morgan fingerprint density at radius 3 is 1.03 bits per heavy atom. The normalized spacial score (nSPS) is 17.3. The van der Waals surface area contributed by atoms with Crippen LogP contribution in [0.1, 0.15) is 58.8 Å². The van der Waals surface area contributed by atoms with Gasteiger partial charge in [0.25, 0.3) is 17.7 Å². The zero-order chi connectivity index (χ0) is 61.5. The molecule has 450 valence electrons. The van der Waals surface area contributed by atoms with E-state index < -0.39 is 0 Å². The van der Waals surface area contributed by atoms with Gasteiger partial charge in [-0.25, -0.2) is 15.0 Å². The SMILES string of the molecule is C[C@@H]1CN(c2ccc(C(=O)Nc3ccc(Cl)c(-c4ccccn4)c3)cn2)CCN1.C[C@@H]1CN(c2ccc(C(=O)Nc3ccc(Cl)c(-c4ccccn4)c3)cn2)C[C@H](C)N1.C[C@H]1CN(c2ccc(C(=O)Nc3ccc(Cl)c(-c4ccccn4)c3)cn2)CCN1. The number of aromatic nitrogens is 6. The fraction of sp³-hybridized carbons (Fsp3) is 0.239. The molecule has 3 saturated heterocycles. The summed E-state index contributed by atoms with van der Waals surface area (Å²) in [6.45, 7) is 15.9. The lowest BCUT2D eigenvalue weighted by Crippen LogP contribution is -2.54. The number of nitrogens with zero attached hydrogens (tertiary/aromatic N) is 9. The number of nitrogens with one attached hydrogen (secondary N) is 6. The second-order valence-corrected chi connectivity index (χ2v) is 23.0. The van der Waals surface area contributed by atoms with Crippen molar-refractivity contribution < 1.29 is 14.4 Å². The number of pyridine rings is 6. The van der Waals surface area contributed by atoms with Gasteiger partial charge in [-0.3, -0.25) is 29.3 Å². The first kappa shape index (κ1) is 62.2. The van der Waals surface area contributed by atoms with Crippen molar-refractivity contribution in [2.75, 3.05) is 83.0 Å². The van der Waals surface area contributed by atoms with Crippen molar-refractivity contribution in [3.05, 3.63) is 215 Å². The van der Waals surface area contributed by atoms with Crippen LogP contribution >= 0.6 is 34.8 Å². The minimum atomic E-state index is -0.217. The van der Waals surface area contributed by atoms with Gasteiger partial charge >= 0.3 is 0 Å². The van der Waals surface area contributed by atoms with Crippen molar-refractivity contribution in [3.8, 4) is 33.8 Å². The summed E-state index contributed by atoms with van der Waals surface area (Å²) in [4.78, 5) is 71.2. The van der Waals surface area contributed by atoms with Gasteiger partial charge in [-0.1, -0.05) is 53.0 Å². The standard InChI is InChI=1S/C23H24ClN5O.2C22H22ClN5O/c1-15-13-29(14-16(2)27-15)22-9-6-17(12-26-22)23(30)28-18-7-8-20(24)19(11-18)21-5-3-4-10-25-21;2*1-15-14-28(11-10-24-15)21-8-5-16(13-26-21)22(29)27-17-6-7-19(23)18(12-17)20-4-2-3-9-25-20/h3-12,15-16,27H,13-14H2,1-2H3,(H,28,30);2*2-9,12-13,15,24H,10-11,14H2,1H3,(H,27,29)/t15-,16+;2*15-/m.10/s1. The molecular formula is C67H68Cl3N15O3. The van der Waals surface area contributed by atoms with E-state index in [0.717, 1.165) is 104 Å². The summed E-state index contributed by atoms with van der Waals surface area (Å²) in [5.74, 6) is 2.01. The van der Waals surface area contributed by atoms with Crippen molar-refractivity contribution in [2.24, 2.45) is 0 Å². The predicted molar refractivity (Wildman–Crippen MR) is 354 cm³/mol. The molecule has 0 radical (unpaired) electrons. The molecule has 3 aliphatic rings. The predicted octanol–water partition coefficient (Wildman–Crippen LogP) is 11.9. The Kier molecular flexibility index (Phi) is 21.0. The Bertz CT molecular complexity index is 3630. The van der Waals surface area contributed by atoms with E-state index in [9.17, 15) is 14.4 Å². The molecule has 12 rings (SSSR count). The molecular weight excluding hydrogens is 1170 g/mol. The minimum Gasteiger partial charge on any atom is -0.354 e. The largest absolute Gasteiger partial charge is 0.354 e. The molecule has 6 aromatic heterocycles. The van der Waals surface area contributed by atoms with Gasteiger partial charge in [-0.2, -0.15) is 0 Å². The number of rotatable bonds is 12. The van der Waals surface area contributed by atoms with Crippen LogP contribution in [0.4, 0.5) is 34.5 Å². The van der Waals surface area contributed by atoms with Crippen LogP contribution in [0.15, 0.2) is 183 Å². The Morgan fingerprint density at radius 2 is 0.739 bits per heavy atom. The van der Waals surface area contributed by atoms with Crippen LogP contribution in [0.5, 0.6) is 0 Å². The fourth-order valence-electron chi connectivity index (χ4n) is 10.5. The number of amides is 3. The molecule has 9 aromatic rings. The molecule has 18 nitrogen and oxygen atoms in total. The molecule has 4 atom stereocenters. The maximum Gasteiger partial charge on any atom is 0.257 e. The van der Waals surface area contributed by atoms with Gasteiger partial charge in [0.05, 0.1) is 48.8 Å². The van der Waals surface area contributed by atoms with E-state index >= 15 is 0 Å². The van der Waals surface area contributed by atoms with Crippen LogP contribution in [0.25, 0.3) is 33.8 Å². The molecule has 3 aliphatic heterocycles. The summed E-state index contributed by atoms with van der Waals surface area (Å²) in [5, 5.41) is 20.8. The van der Waals surface area contributed by atoms with Gasteiger partial charge in [-0.05, 0) is 155 Å². The number of halogens is 3. The van der Waals surface area contributed by atoms with E-state index in [-0.39, 0.29) is 17.7 Å². The Morgan fingerprint density at radius 1 is 0.409 bits per heavy atom. The van der Waals surface area contributed by atoms with E-state index in [2.05, 4.69) is 104 Å². The minimum absolute atomic E-state index is 0.216. The topological polar surface area (TPSA) is 210 Å². The molecule has 0 aliphatic carbocycles. The molecule has 88 heavy (non-hydrogen) atoms. The maximum absolute atomic E-state index is 12.7. The summed E-state index contributed by atoms with van der Waals surface area (Å²) in [6.07, 6.45) is 9.99. The number of anilines is 6. The van der Waals surface area contributed by atoms with Crippen LogP contribution in [-0.2, 0) is 0 Å². The van der Waals surface area contributed by atoms with Crippen molar-refractivity contribution in [1.82, 2.24) is 45.9 Å². The number of benzene rings is 3. The third-order valence-electron chi connectivity index (χ3n) is 14.8. The second-order valence-electron chi connectivity index (χ2n) is 21.8. The van der Waals surface area contributed by atoms with Crippen LogP contribution in [-0.4, -0.2) is 124 Å². The third-order valence-corrected chi connectivity index (χ3v) is 15.8. The monoisotopic (exact) mass is 1240 g/mol. The molecule has 0 unspecified atom stereocenters. The molecule has 0 spiro atoms. The lowest BCUT2D eigenvalue weighted by Gasteiger charge is -2.36. The Balaban J connectivity index is 0.000000146. The summed E-state index contributed by atoms with van der Waals surface area (Å²) in [5.41, 5.74) is 8.04. The first-order valence-electron chi connectivity index (χ1n) is 29.1. The number of carbonyl (C=O) groups excluding carboxylic acids is 3. The van der Waals surface area contributed by atoms with Crippen LogP contribution in [0.3, 0.4) is 0 Å². The van der Waals surface area contributed by atoms with Gasteiger partial charge in [-0.15, -0.1) is 0 Å². The van der Waals surface area contributed by atoms with Gasteiger partial charge in [0.15, 0.2) is 0 Å². The van der Waals surface area contributed by atoms with Gasteiger partial charge < -0.3 is 46.6 Å². The average Bonchev–Trinajstić information content (AvgIpc) is 2.97. The van der Waals surface area contributed by atoms with Crippen molar-refractivity contribution >= 4 is 87.0 Å².